The maximum atomic E-state index is 13.3. The van der Waals surface area contributed by atoms with Crippen LogP contribution in [0.15, 0.2) is 10.9 Å². The summed E-state index contributed by atoms with van der Waals surface area (Å²) in [6.07, 6.45) is 4.74. The third-order valence-corrected chi connectivity index (χ3v) is 6.01. The number of ether oxygens (including phenoxy) is 1. The topological polar surface area (TPSA) is 130 Å². The number of rotatable bonds is 7. The van der Waals surface area contributed by atoms with Gasteiger partial charge in [-0.2, -0.15) is 4.52 Å². The van der Waals surface area contributed by atoms with E-state index in [9.17, 15) is 19.5 Å². The molecule has 1 saturated heterocycles. The molecule has 2 aliphatic rings. The number of aromatic hydroxyl groups is 1. The molecular formula is C23H32N6O5. The second-order valence-electron chi connectivity index (χ2n) is 9.29. The fraction of sp³-hybridized carbons (Fsp3) is 0.565. The van der Waals surface area contributed by atoms with E-state index in [4.69, 9.17) is 4.74 Å². The molecule has 0 spiro atoms. The Hall–Kier alpha value is -3.34. The van der Waals surface area contributed by atoms with Crippen LogP contribution in [0.3, 0.4) is 0 Å². The highest BCUT2D eigenvalue weighted by Gasteiger charge is 2.31. The summed E-state index contributed by atoms with van der Waals surface area (Å²) in [5.74, 6) is -0.751. The van der Waals surface area contributed by atoms with Gasteiger partial charge in [-0.05, 0) is 31.8 Å². The second-order valence-corrected chi connectivity index (χ2v) is 9.29. The van der Waals surface area contributed by atoms with Crippen LogP contribution >= 0.6 is 0 Å². The van der Waals surface area contributed by atoms with E-state index in [1.807, 2.05) is 20.8 Å². The molecule has 184 valence electrons. The zero-order chi connectivity index (χ0) is 24.6. The zero-order valence-corrected chi connectivity index (χ0v) is 20.0. The summed E-state index contributed by atoms with van der Waals surface area (Å²) >= 11 is 0. The summed E-state index contributed by atoms with van der Waals surface area (Å²) in [6, 6.07) is -0.0209. The average molecular weight is 473 g/mol. The van der Waals surface area contributed by atoms with E-state index in [1.165, 1.54) is 10.6 Å². The molecule has 0 unspecified atom stereocenters. The van der Waals surface area contributed by atoms with Gasteiger partial charge in [0.15, 0.2) is 17.0 Å². The highest BCUT2D eigenvalue weighted by atomic mass is 16.5. The van der Waals surface area contributed by atoms with E-state index in [1.54, 1.807) is 18.0 Å². The van der Waals surface area contributed by atoms with Gasteiger partial charge >= 0.3 is 0 Å². The minimum atomic E-state index is -0.713. The van der Waals surface area contributed by atoms with Gasteiger partial charge in [0.25, 0.3) is 11.5 Å². The standard InChI is InChI=1S/C23H32N6O5/c1-13(2)11-28-21-16(7-8-17(30)27-9-10-34-12-14(27)3)19(24-4)26-29(21)23(33)18(22(28)32)20(31)25-15-5-6-15/h7-8,13-15,32H,5-6,9-12H2,1-4H3,(H,24,26)(H,25,31)/b8-7+/t14-/m0/s1. The van der Waals surface area contributed by atoms with Crippen molar-refractivity contribution in [3.63, 3.8) is 0 Å². The number of carbonyl (C=O) groups excluding carboxylic acids is 2. The monoisotopic (exact) mass is 472 g/mol. The molecular weight excluding hydrogens is 440 g/mol. The van der Waals surface area contributed by atoms with Crippen molar-refractivity contribution in [1.82, 2.24) is 24.4 Å². The first kappa shape index (κ1) is 23.8. The van der Waals surface area contributed by atoms with E-state index in [0.29, 0.717) is 43.3 Å². The molecule has 1 aliphatic carbocycles. The predicted octanol–water partition coefficient (Wildman–Crippen LogP) is 1.05. The lowest BCUT2D eigenvalue weighted by atomic mass is 10.2. The number of hydrogen-bond donors (Lipinski definition) is 3. The van der Waals surface area contributed by atoms with Crippen LogP contribution in [0.5, 0.6) is 5.88 Å². The Bertz CT molecular complexity index is 1190. The van der Waals surface area contributed by atoms with Gasteiger partial charge in [-0.25, -0.2) is 0 Å². The van der Waals surface area contributed by atoms with Crippen LogP contribution in [-0.4, -0.2) is 74.9 Å². The number of carbonyl (C=O) groups is 2. The number of nitrogens with zero attached hydrogens (tertiary/aromatic N) is 4. The van der Waals surface area contributed by atoms with Crippen molar-refractivity contribution < 1.29 is 19.4 Å². The lowest BCUT2D eigenvalue weighted by molar-refractivity contribution is -0.133. The molecule has 0 aromatic carbocycles. The molecule has 2 amide bonds. The Kier molecular flexibility index (Phi) is 6.65. The van der Waals surface area contributed by atoms with Gasteiger partial charge in [-0.3, -0.25) is 19.0 Å². The molecule has 11 nitrogen and oxygen atoms in total. The molecule has 1 aliphatic heterocycles. The Morgan fingerprint density at radius 3 is 2.68 bits per heavy atom. The average Bonchev–Trinajstić information content (AvgIpc) is 3.52. The van der Waals surface area contributed by atoms with Crippen molar-refractivity contribution in [1.29, 1.82) is 0 Å². The predicted molar refractivity (Wildman–Crippen MR) is 127 cm³/mol. The molecule has 0 radical (unpaired) electrons. The molecule has 2 fully saturated rings. The van der Waals surface area contributed by atoms with Crippen LogP contribution in [0, 0.1) is 5.92 Å². The Labute approximate surface area is 197 Å². The van der Waals surface area contributed by atoms with Crippen LogP contribution in [0.1, 0.15) is 49.5 Å². The van der Waals surface area contributed by atoms with E-state index >= 15 is 0 Å². The smallest absolute Gasteiger partial charge is 0.291 e. The summed E-state index contributed by atoms with van der Waals surface area (Å²) in [5, 5.41) is 21.2. The fourth-order valence-corrected chi connectivity index (χ4v) is 4.12. The maximum absolute atomic E-state index is 13.3. The third-order valence-electron chi connectivity index (χ3n) is 6.01. The van der Waals surface area contributed by atoms with Gasteiger partial charge in [-0.1, -0.05) is 13.8 Å². The Morgan fingerprint density at radius 2 is 2.06 bits per heavy atom. The molecule has 1 saturated carbocycles. The molecule has 0 bridgehead atoms. The van der Waals surface area contributed by atoms with E-state index in [-0.39, 0.29) is 29.5 Å². The quantitative estimate of drug-likeness (QED) is 0.514. The van der Waals surface area contributed by atoms with Crippen molar-refractivity contribution >= 4 is 29.4 Å². The minimum Gasteiger partial charge on any atom is -0.494 e. The molecule has 2 aromatic heterocycles. The third kappa shape index (κ3) is 4.52. The Morgan fingerprint density at radius 1 is 1.32 bits per heavy atom. The largest absolute Gasteiger partial charge is 0.494 e. The van der Waals surface area contributed by atoms with Crippen molar-refractivity contribution in [2.45, 2.75) is 52.2 Å². The highest BCUT2D eigenvalue weighted by Crippen LogP contribution is 2.28. The molecule has 3 N–H and O–H groups in total. The summed E-state index contributed by atoms with van der Waals surface area (Å²) in [4.78, 5) is 40.6. The van der Waals surface area contributed by atoms with Gasteiger partial charge in [0.2, 0.25) is 11.8 Å². The molecule has 34 heavy (non-hydrogen) atoms. The van der Waals surface area contributed by atoms with Gasteiger partial charge in [0.1, 0.15) is 0 Å². The van der Waals surface area contributed by atoms with Crippen LogP contribution in [0.2, 0.25) is 0 Å². The van der Waals surface area contributed by atoms with Crippen molar-refractivity contribution in [2.75, 3.05) is 32.1 Å². The number of aromatic nitrogens is 3. The minimum absolute atomic E-state index is 0.0260. The van der Waals surface area contributed by atoms with E-state index < -0.39 is 17.3 Å². The van der Waals surface area contributed by atoms with Crippen LogP contribution in [0.25, 0.3) is 11.7 Å². The summed E-state index contributed by atoms with van der Waals surface area (Å²) < 4.78 is 8.04. The summed E-state index contributed by atoms with van der Waals surface area (Å²) in [7, 11) is 1.66. The molecule has 3 heterocycles. The Balaban J connectivity index is 1.84. The van der Waals surface area contributed by atoms with E-state index in [2.05, 4.69) is 15.7 Å². The van der Waals surface area contributed by atoms with Crippen molar-refractivity contribution in [3.8, 4) is 5.88 Å². The first-order valence-electron chi connectivity index (χ1n) is 11.7. The van der Waals surface area contributed by atoms with Crippen LogP contribution < -0.4 is 16.2 Å². The molecule has 11 heteroatoms. The number of morpholine rings is 1. The van der Waals surface area contributed by atoms with Gasteiger partial charge in [0.05, 0.1) is 24.8 Å². The van der Waals surface area contributed by atoms with Crippen molar-refractivity contribution in [3.05, 3.63) is 27.6 Å². The van der Waals surface area contributed by atoms with Crippen molar-refractivity contribution in [2.24, 2.45) is 5.92 Å². The SMILES string of the molecule is CNc1nn2c(=O)c(C(=O)NC3CC3)c(O)n(CC(C)C)c2c1/C=C/C(=O)N1CCOC[C@@H]1C. The number of anilines is 1. The molecule has 1 atom stereocenters. The number of nitrogens with one attached hydrogen (secondary N) is 2. The lowest BCUT2D eigenvalue weighted by Gasteiger charge is -2.32. The molecule has 4 rings (SSSR count). The summed E-state index contributed by atoms with van der Waals surface area (Å²) in [5.41, 5.74) is -0.268. The fourth-order valence-electron chi connectivity index (χ4n) is 4.12. The van der Waals surface area contributed by atoms with E-state index in [0.717, 1.165) is 17.4 Å². The van der Waals surface area contributed by atoms with Gasteiger partial charge < -0.3 is 25.4 Å². The highest BCUT2D eigenvalue weighted by molar-refractivity contribution is 5.97. The summed E-state index contributed by atoms with van der Waals surface area (Å²) in [6.45, 7) is 7.64. The molecule has 2 aromatic rings. The zero-order valence-electron chi connectivity index (χ0n) is 20.0. The van der Waals surface area contributed by atoms with Crippen LogP contribution in [0.4, 0.5) is 5.82 Å². The lowest BCUT2D eigenvalue weighted by Crippen LogP contribution is -2.46. The number of amides is 2. The van der Waals surface area contributed by atoms with Crippen LogP contribution in [-0.2, 0) is 16.1 Å². The normalized spacial score (nSPS) is 18.7. The maximum Gasteiger partial charge on any atom is 0.291 e. The first-order valence-corrected chi connectivity index (χ1v) is 11.7. The van der Waals surface area contributed by atoms with Gasteiger partial charge in [-0.15, -0.1) is 5.10 Å². The number of fused-ring (bicyclic) bond motifs is 1. The first-order chi connectivity index (χ1) is 16.2. The second kappa shape index (κ2) is 9.49. The van der Waals surface area contributed by atoms with Gasteiger partial charge in [0, 0.05) is 32.3 Å². The number of hydrogen-bond acceptors (Lipinski definition) is 7.